The van der Waals surface area contributed by atoms with Crippen LogP contribution in [0.15, 0.2) is 0 Å². The molecule has 0 saturated carbocycles. The van der Waals surface area contributed by atoms with Gasteiger partial charge in [0.2, 0.25) is 0 Å². The Morgan fingerprint density at radius 3 is 2.50 bits per heavy atom. The van der Waals surface area contributed by atoms with Gasteiger partial charge >= 0.3 is 0 Å². The van der Waals surface area contributed by atoms with E-state index in [1.807, 2.05) is 25.5 Å². The molecule has 0 fully saturated rings. The average Bonchev–Trinajstić information content (AvgIpc) is 2.68. The lowest BCUT2D eigenvalue weighted by molar-refractivity contribution is -0.0137. The molecule has 2 unspecified atom stereocenters. The third-order valence-electron chi connectivity index (χ3n) is 3.23. The minimum absolute atomic E-state index is 0.161. The Morgan fingerprint density at radius 2 is 2.06 bits per heavy atom. The van der Waals surface area contributed by atoms with E-state index in [2.05, 4.69) is 5.10 Å². The zero-order valence-electron chi connectivity index (χ0n) is 11.6. The third kappa shape index (κ3) is 3.25. The van der Waals surface area contributed by atoms with Crippen LogP contribution in [0, 0.1) is 0 Å². The number of nitrogens with zero attached hydrogens (tertiary/aromatic N) is 2. The molecule has 0 aliphatic carbocycles. The summed E-state index contributed by atoms with van der Waals surface area (Å²) >= 11 is 6.31. The van der Waals surface area contributed by atoms with Crippen LogP contribution in [0.2, 0.25) is 5.02 Å². The van der Waals surface area contributed by atoms with Crippen molar-refractivity contribution in [2.45, 2.75) is 58.8 Å². The van der Waals surface area contributed by atoms with Gasteiger partial charge in [-0.05, 0) is 19.8 Å². The van der Waals surface area contributed by atoms with Crippen LogP contribution in [0.3, 0.4) is 0 Å². The minimum atomic E-state index is -0.552. The van der Waals surface area contributed by atoms with Gasteiger partial charge in [0.25, 0.3) is 0 Å². The molecule has 0 amide bonds. The van der Waals surface area contributed by atoms with Crippen molar-refractivity contribution in [3.8, 4) is 0 Å². The Hall–Kier alpha value is -0.580. The van der Waals surface area contributed by atoms with E-state index in [9.17, 15) is 5.11 Å². The Balaban J connectivity index is 2.92. The maximum absolute atomic E-state index is 10.2. The van der Waals surface area contributed by atoms with Crippen molar-refractivity contribution in [3.05, 3.63) is 16.4 Å². The lowest BCUT2D eigenvalue weighted by atomic mass is 10.1. The lowest BCUT2D eigenvalue weighted by Crippen LogP contribution is -2.30. The zero-order chi connectivity index (χ0) is 13.7. The second kappa shape index (κ2) is 7.12. The molecule has 0 aromatic carbocycles. The van der Waals surface area contributed by atoms with E-state index in [1.54, 1.807) is 7.11 Å². The highest BCUT2D eigenvalue weighted by Gasteiger charge is 2.22. The van der Waals surface area contributed by atoms with Crippen LogP contribution in [0.1, 0.15) is 38.6 Å². The first-order valence-electron chi connectivity index (χ1n) is 6.53. The van der Waals surface area contributed by atoms with Crippen LogP contribution in [-0.4, -0.2) is 34.2 Å². The van der Waals surface area contributed by atoms with Crippen molar-refractivity contribution >= 4 is 11.6 Å². The molecule has 18 heavy (non-hydrogen) atoms. The molecule has 0 spiro atoms. The predicted octanol–water partition coefficient (Wildman–Crippen LogP) is 2.45. The highest BCUT2D eigenvalue weighted by molar-refractivity contribution is 6.31. The fraction of sp³-hybridized carbons (Fsp3) is 0.769. The number of aryl methyl sites for hydroxylation is 2. The van der Waals surface area contributed by atoms with Crippen molar-refractivity contribution in [2.24, 2.45) is 0 Å². The van der Waals surface area contributed by atoms with Crippen LogP contribution in [-0.2, 0) is 24.1 Å². The first-order valence-corrected chi connectivity index (χ1v) is 6.91. The summed E-state index contributed by atoms with van der Waals surface area (Å²) < 4.78 is 7.13. The average molecular weight is 275 g/mol. The molecule has 1 aromatic rings. The van der Waals surface area contributed by atoms with Gasteiger partial charge in [0.1, 0.15) is 0 Å². The molecular weight excluding hydrogens is 252 g/mol. The number of rotatable bonds is 7. The number of hydrogen-bond donors (Lipinski definition) is 1. The first-order chi connectivity index (χ1) is 8.58. The van der Waals surface area contributed by atoms with Crippen molar-refractivity contribution < 1.29 is 9.84 Å². The van der Waals surface area contributed by atoms with Gasteiger partial charge < -0.3 is 9.84 Å². The van der Waals surface area contributed by atoms with E-state index in [0.717, 1.165) is 30.8 Å². The van der Waals surface area contributed by atoms with Crippen molar-refractivity contribution in [1.29, 1.82) is 0 Å². The second-order valence-electron chi connectivity index (χ2n) is 4.33. The summed E-state index contributed by atoms with van der Waals surface area (Å²) in [4.78, 5) is 0. The number of ether oxygens (including phenoxy) is 1. The Bertz CT molecular complexity index is 375. The monoisotopic (exact) mass is 274 g/mol. The van der Waals surface area contributed by atoms with Crippen molar-refractivity contribution in [1.82, 2.24) is 9.78 Å². The van der Waals surface area contributed by atoms with E-state index in [-0.39, 0.29) is 6.10 Å². The Morgan fingerprint density at radius 1 is 1.39 bits per heavy atom. The molecule has 0 bridgehead atoms. The molecular formula is C13H23ClN2O2. The van der Waals surface area contributed by atoms with Gasteiger partial charge in [0, 0.05) is 20.1 Å². The molecule has 104 valence electrons. The quantitative estimate of drug-likeness (QED) is 0.831. The van der Waals surface area contributed by atoms with Gasteiger partial charge in [0.05, 0.1) is 28.6 Å². The summed E-state index contributed by atoms with van der Waals surface area (Å²) in [6, 6.07) is 0. The first kappa shape index (κ1) is 15.5. The molecule has 5 heteroatoms. The standard InChI is InChI=1S/C13H23ClN2O2/c1-5-9-13(14)10(16(7-3)15-9)8-11(17)12(6-2)18-4/h11-12,17H,5-8H2,1-4H3. The summed E-state index contributed by atoms with van der Waals surface area (Å²) in [7, 11) is 1.62. The third-order valence-corrected chi connectivity index (χ3v) is 3.67. The molecule has 4 nitrogen and oxygen atoms in total. The lowest BCUT2D eigenvalue weighted by Gasteiger charge is -2.20. The second-order valence-corrected chi connectivity index (χ2v) is 4.71. The van der Waals surface area contributed by atoms with Crippen molar-refractivity contribution in [2.75, 3.05) is 7.11 Å². The molecule has 1 aromatic heterocycles. The predicted molar refractivity (Wildman–Crippen MR) is 73.1 cm³/mol. The van der Waals surface area contributed by atoms with E-state index in [0.29, 0.717) is 11.4 Å². The number of halogens is 1. The van der Waals surface area contributed by atoms with Gasteiger partial charge in [-0.2, -0.15) is 5.10 Å². The van der Waals surface area contributed by atoms with E-state index in [1.165, 1.54) is 0 Å². The SMILES string of the molecule is CCc1nn(CC)c(CC(O)C(CC)OC)c1Cl. The fourth-order valence-corrected chi connectivity index (χ4v) is 2.48. The maximum atomic E-state index is 10.2. The van der Waals surface area contributed by atoms with E-state index in [4.69, 9.17) is 16.3 Å². The van der Waals surface area contributed by atoms with Gasteiger partial charge in [-0.25, -0.2) is 0 Å². The van der Waals surface area contributed by atoms with Crippen LogP contribution in [0.25, 0.3) is 0 Å². The summed E-state index contributed by atoms with van der Waals surface area (Å²) in [5, 5.41) is 15.3. The molecule has 0 aliphatic heterocycles. The number of hydrogen-bond acceptors (Lipinski definition) is 3. The minimum Gasteiger partial charge on any atom is -0.390 e. The fourth-order valence-electron chi connectivity index (χ4n) is 2.14. The molecule has 0 radical (unpaired) electrons. The van der Waals surface area contributed by atoms with Crippen LogP contribution < -0.4 is 0 Å². The van der Waals surface area contributed by atoms with Gasteiger partial charge in [-0.3, -0.25) is 4.68 Å². The molecule has 0 saturated heterocycles. The number of methoxy groups -OCH3 is 1. The van der Waals surface area contributed by atoms with Gasteiger partial charge in [-0.15, -0.1) is 0 Å². The molecule has 1 N–H and O–H groups in total. The Kier molecular flexibility index (Phi) is 6.12. The van der Waals surface area contributed by atoms with Crippen LogP contribution >= 0.6 is 11.6 Å². The zero-order valence-corrected chi connectivity index (χ0v) is 12.4. The molecule has 0 aliphatic rings. The van der Waals surface area contributed by atoms with E-state index >= 15 is 0 Å². The van der Waals surface area contributed by atoms with E-state index < -0.39 is 6.10 Å². The summed E-state index contributed by atoms with van der Waals surface area (Å²) in [6.45, 7) is 6.80. The highest BCUT2D eigenvalue weighted by atomic mass is 35.5. The topological polar surface area (TPSA) is 47.3 Å². The summed E-state index contributed by atoms with van der Waals surface area (Å²) in [6.07, 6.45) is 1.34. The summed E-state index contributed by atoms with van der Waals surface area (Å²) in [5.74, 6) is 0. The van der Waals surface area contributed by atoms with Crippen molar-refractivity contribution in [3.63, 3.8) is 0 Å². The maximum Gasteiger partial charge on any atom is 0.0857 e. The summed E-state index contributed by atoms with van der Waals surface area (Å²) in [5.41, 5.74) is 1.80. The number of aromatic nitrogens is 2. The van der Waals surface area contributed by atoms with Crippen LogP contribution in [0.4, 0.5) is 0 Å². The van der Waals surface area contributed by atoms with Gasteiger partial charge in [-0.1, -0.05) is 25.4 Å². The normalized spacial score (nSPS) is 14.8. The van der Waals surface area contributed by atoms with Gasteiger partial charge in [0.15, 0.2) is 0 Å². The molecule has 1 heterocycles. The van der Waals surface area contributed by atoms with Crippen LogP contribution in [0.5, 0.6) is 0 Å². The smallest absolute Gasteiger partial charge is 0.0857 e. The highest BCUT2D eigenvalue weighted by Crippen LogP contribution is 2.24. The largest absolute Gasteiger partial charge is 0.390 e. The number of aliphatic hydroxyl groups excluding tert-OH is 1. The Labute approximate surface area is 114 Å². The molecule has 2 atom stereocenters. The number of aliphatic hydroxyl groups is 1. The molecule has 1 rings (SSSR count).